The first-order valence-corrected chi connectivity index (χ1v) is 6.17. The monoisotopic (exact) mass is 293 g/mol. The van der Waals surface area contributed by atoms with Crippen molar-refractivity contribution in [3.8, 4) is 0 Å². The van der Waals surface area contributed by atoms with Crippen LogP contribution in [0, 0.1) is 13.8 Å². The fraction of sp³-hybridized carbons (Fsp3) is 0.143. The number of carboxylic acids is 1. The van der Waals surface area contributed by atoms with Crippen LogP contribution in [0.1, 0.15) is 32.2 Å². The van der Waals surface area contributed by atoms with Crippen LogP contribution in [0.15, 0.2) is 28.7 Å². The van der Waals surface area contributed by atoms with Crippen molar-refractivity contribution in [2.24, 2.45) is 0 Å². The maximum atomic E-state index is 12.1. The van der Waals surface area contributed by atoms with E-state index in [1.54, 1.807) is 19.9 Å². The zero-order valence-electron chi connectivity index (χ0n) is 10.9. The molecule has 2 aromatic rings. The van der Waals surface area contributed by atoms with Crippen LogP contribution in [-0.4, -0.2) is 17.0 Å². The Kier molecular flexibility index (Phi) is 3.81. The SMILES string of the molecule is Cc1cc(C(=O)Nc2ccc(Cl)cc2C(=O)O)c(C)o1. The molecule has 1 aromatic carbocycles. The molecule has 1 aromatic heterocycles. The molecular weight excluding hydrogens is 282 g/mol. The molecule has 5 nitrogen and oxygen atoms in total. The molecule has 2 N–H and O–H groups in total. The molecule has 0 unspecified atom stereocenters. The van der Waals surface area contributed by atoms with Crippen molar-refractivity contribution in [2.45, 2.75) is 13.8 Å². The fourth-order valence-corrected chi connectivity index (χ4v) is 2.02. The van der Waals surface area contributed by atoms with Crippen molar-refractivity contribution in [2.75, 3.05) is 5.32 Å². The van der Waals surface area contributed by atoms with E-state index in [4.69, 9.17) is 21.1 Å². The highest BCUT2D eigenvalue weighted by Crippen LogP contribution is 2.22. The number of nitrogens with one attached hydrogen (secondary N) is 1. The second-order valence-electron chi connectivity index (χ2n) is 4.28. The number of benzene rings is 1. The summed E-state index contributed by atoms with van der Waals surface area (Å²) in [5.74, 6) is -0.500. The van der Waals surface area contributed by atoms with Crippen LogP contribution in [0.25, 0.3) is 0 Å². The molecule has 6 heteroatoms. The molecule has 0 spiro atoms. The third kappa shape index (κ3) is 2.83. The molecule has 1 heterocycles. The summed E-state index contributed by atoms with van der Waals surface area (Å²) >= 11 is 5.75. The van der Waals surface area contributed by atoms with E-state index < -0.39 is 11.9 Å². The van der Waals surface area contributed by atoms with E-state index in [0.29, 0.717) is 17.1 Å². The van der Waals surface area contributed by atoms with Crippen LogP contribution in [0.2, 0.25) is 5.02 Å². The number of halogens is 1. The molecule has 0 saturated carbocycles. The molecule has 2 rings (SSSR count). The highest BCUT2D eigenvalue weighted by molar-refractivity contribution is 6.31. The number of hydrogen-bond donors (Lipinski definition) is 2. The van der Waals surface area contributed by atoms with Crippen LogP contribution in [-0.2, 0) is 0 Å². The Morgan fingerprint density at radius 1 is 1.20 bits per heavy atom. The first kappa shape index (κ1) is 14.1. The van der Waals surface area contributed by atoms with Gasteiger partial charge in [0.2, 0.25) is 0 Å². The van der Waals surface area contributed by atoms with Gasteiger partial charge in [-0.3, -0.25) is 4.79 Å². The number of anilines is 1. The van der Waals surface area contributed by atoms with E-state index >= 15 is 0 Å². The number of carboxylic acid groups (broad SMARTS) is 1. The number of aryl methyl sites for hydroxylation is 2. The molecule has 1 amide bonds. The van der Waals surface area contributed by atoms with E-state index in [1.807, 2.05) is 0 Å². The quantitative estimate of drug-likeness (QED) is 0.907. The molecule has 0 bridgehead atoms. The Labute approximate surface area is 120 Å². The molecule has 0 radical (unpaired) electrons. The van der Waals surface area contributed by atoms with Gasteiger partial charge in [-0.05, 0) is 38.1 Å². The van der Waals surface area contributed by atoms with Crippen LogP contribution in [0.3, 0.4) is 0 Å². The van der Waals surface area contributed by atoms with Gasteiger partial charge in [-0.15, -0.1) is 0 Å². The first-order valence-electron chi connectivity index (χ1n) is 5.79. The van der Waals surface area contributed by atoms with Gasteiger partial charge in [-0.1, -0.05) is 11.6 Å². The van der Waals surface area contributed by atoms with E-state index in [9.17, 15) is 9.59 Å². The zero-order valence-corrected chi connectivity index (χ0v) is 11.6. The van der Waals surface area contributed by atoms with Gasteiger partial charge < -0.3 is 14.8 Å². The normalized spacial score (nSPS) is 10.3. The predicted molar refractivity (Wildman–Crippen MR) is 74.5 cm³/mol. The van der Waals surface area contributed by atoms with Crippen LogP contribution in [0.4, 0.5) is 5.69 Å². The third-order valence-corrected chi connectivity index (χ3v) is 2.98. The Morgan fingerprint density at radius 3 is 2.45 bits per heavy atom. The number of aromatic carboxylic acids is 1. The minimum absolute atomic E-state index is 0.0660. The van der Waals surface area contributed by atoms with Crippen LogP contribution >= 0.6 is 11.6 Å². The summed E-state index contributed by atoms with van der Waals surface area (Å²) in [4.78, 5) is 23.2. The lowest BCUT2D eigenvalue weighted by Gasteiger charge is -2.08. The van der Waals surface area contributed by atoms with Crippen molar-refractivity contribution in [3.05, 3.63) is 51.9 Å². The maximum absolute atomic E-state index is 12.1. The Bertz CT molecular complexity index is 690. The smallest absolute Gasteiger partial charge is 0.337 e. The van der Waals surface area contributed by atoms with Crippen molar-refractivity contribution < 1.29 is 19.1 Å². The van der Waals surface area contributed by atoms with Crippen molar-refractivity contribution in [3.63, 3.8) is 0 Å². The molecule has 0 atom stereocenters. The van der Waals surface area contributed by atoms with Gasteiger partial charge in [0.15, 0.2) is 0 Å². The number of amides is 1. The first-order chi connectivity index (χ1) is 9.38. The third-order valence-electron chi connectivity index (χ3n) is 2.75. The van der Waals surface area contributed by atoms with Crippen molar-refractivity contribution in [1.29, 1.82) is 0 Å². The minimum Gasteiger partial charge on any atom is -0.478 e. The fourth-order valence-electron chi connectivity index (χ4n) is 1.85. The summed E-state index contributed by atoms with van der Waals surface area (Å²) in [5, 5.41) is 11.9. The van der Waals surface area contributed by atoms with Crippen molar-refractivity contribution in [1.82, 2.24) is 0 Å². The summed E-state index contributed by atoms with van der Waals surface area (Å²) in [7, 11) is 0. The number of hydrogen-bond acceptors (Lipinski definition) is 3. The minimum atomic E-state index is -1.16. The zero-order chi connectivity index (χ0) is 14.9. The summed E-state index contributed by atoms with van der Waals surface area (Å²) in [6.07, 6.45) is 0. The number of furan rings is 1. The largest absolute Gasteiger partial charge is 0.478 e. The van der Waals surface area contributed by atoms with E-state index in [-0.39, 0.29) is 16.3 Å². The average Bonchev–Trinajstić information content (AvgIpc) is 2.70. The standard InChI is InChI=1S/C14H12ClNO4/c1-7-5-10(8(2)20-7)13(17)16-12-4-3-9(15)6-11(12)14(18)19/h3-6H,1-2H3,(H,16,17)(H,18,19). The molecule has 0 saturated heterocycles. The lowest BCUT2D eigenvalue weighted by molar-refractivity contribution is 0.0698. The second-order valence-corrected chi connectivity index (χ2v) is 4.71. The number of carbonyl (C=O) groups is 2. The van der Waals surface area contributed by atoms with Gasteiger partial charge in [-0.2, -0.15) is 0 Å². The molecule has 0 fully saturated rings. The maximum Gasteiger partial charge on any atom is 0.337 e. The summed E-state index contributed by atoms with van der Waals surface area (Å²) in [5.41, 5.74) is 0.489. The van der Waals surface area contributed by atoms with Gasteiger partial charge in [-0.25, -0.2) is 4.79 Å². The van der Waals surface area contributed by atoms with Crippen LogP contribution < -0.4 is 5.32 Å². The Balaban J connectivity index is 2.33. The topological polar surface area (TPSA) is 79.5 Å². The molecule has 0 aliphatic carbocycles. The van der Waals surface area contributed by atoms with E-state index in [0.717, 1.165) is 0 Å². The van der Waals surface area contributed by atoms with E-state index in [2.05, 4.69) is 5.32 Å². The Morgan fingerprint density at radius 2 is 1.90 bits per heavy atom. The summed E-state index contributed by atoms with van der Waals surface area (Å²) in [6, 6.07) is 5.84. The second kappa shape index (κ2) is 5.38. The van der Waals surface area contributed by atoms with Gasteiger partial charge in [0.1, 0.15) is 11.5 Å². The van der Waals surface area contributed by atoms with Gasteiger partial charge in [0.05, 0.1) is 16.8 Å². The lowest BCUT2D eigenvalue weighted by atomic mass is 10.1. The molecular formula is C14H12ClNO4. The molecule has 0 aliphatic heterocycles. The van der Waals surface area contributed by atoms with Gasteiger partial charge in [0, 0.05) is 5.02 Å². The summed E-state index contributed by atoms with van der Waals surface area (Å²) in [6.45, 7) is 3.40. The highest BCUT2D eigenvalue weighted by atomic mass is 35.5. The van der Waals surface area contributed by atoms with Gasteiger partial charge >= 0.3 is 5.97 Å². The van der Waals surface area contributed by atoms with Crippen LogP contribution in [0.5, 0.6) is 0 Å². The van der Waals surface area contributed by atoms with Gasteiger partial charge in [0.25, 0.3) is 5.91 Å². The number of rotatable bonds is 3. The number of carbonyl (C=O) groups excluding carboxylic acids is 1. The van der Waals surface area contributed by atoms with E-state index in [1.165, 1.54) is 18.2 Å². The summed E-state index contributed by atoms with van der Waals surface area (Å²) < 4.78 is 5.27. The predicted octanol–water partition coefficient (Wildman–Crippen LogP) is 3.50. The molecule has 104 valence electrons. The molecule has 0 aliphatic rings. The molecule has 20 heavy (non-hydrogen) atoms. The average molecular weight is 294 g/mol. The van der Waals surface area contributed by atoms with Crippen molar-refractivity contribution >= 4 is 29.2 Å². The lowest BCUT2D eigenvalue weighted by Crippen LogP contribution is -2.15. The Hall–Kier alpha value is -2.27. The highest BCUT2D eigenvalue weighted by Gasteiger charge is 2.17.